The first kappa shape index (κ1) is 21.7. The van der Waals surface area contributed by atoms with E-state index in [2.05, 4.69) is 0 Å². The fraction of sp³-hybridized carbons (Fsp3) is 1.00. The van der Waals surface area contributed by atoms with E-state index in [4.69, 9.17) is 9.66 Å². The zero-order valence-electron chi connectivity index (χ0n) is 12.8. The Labute approximate surface area is 130 Å². The molecule has 0 aromatic rings. The molecule has 0 rings (SSSR count). The summed E-state index contributed by atoms with van der Waals surface area (Å²) in [6, 6.07) is 0. The van der Waals surface area contributed by atoms with Crippen molar-refractivity contribution in [1.82, 2.24) is 4.90 Å². The van der Waals surface area contributed by atoms with E-state index in [-0.39, 0.29) is 18.9 Å². The van der Waals surface area contributed by atoms with Crippen LogP contribution in [0, 0.1) is 5.92 Å². The lowest BCUT2D eigenvalue weighted by Crippen LogP contribution is -2.60. The molecule has 0 bridgehead atoms. The Kier molecular flexibility index (Phi) is 8.95. The summed E-state index contributed by atoms with van der Waals surface area (Å²) in [5.74, 6) is 0.0270. The quantitative estimate of drug-likeness (QED) is 0.183. The molecule has 2 atom stereocenters. The normalized spacial score (nSPS) is 16.3. The number of β-amino-alcohol motifs (C(OH)–C–C–N with tert-alkyl or cyclic N) is 1. The van der Waals surface area contributed by atoms with Gasteiger partial charge < -0.3 is 25.5 Å². The van der Waals surface area contributed by atoms with Crippen LogP contribution in [0.1, 0.15) is 26.7 Å². The van der Waals surface area contributed by atoms with Gasteiger partial charge in [0, 0.05) is 13.0 Å². The van der Waals surface area contributed by atoms with E-state index in [1.165, 1.54) is 0 Å². The summed E-state index contributed by atoms with van der Waals surface area (Å²) in [6.07, 6.45) is -2.08. The van der Waals surface area contributed by atoms with Gasteiger partial charge in [-0.25, -0.2) is 0 Å². The Morgan fingerprint density at radius 2 is 1.59 bits per heavy atom. The molecule has 2 unspecified atom stereocenters. The van der Waals surface area contributed by atoms with E-state index in [9.17, 15) is 28.8 Å². The lowest BCUT2D eigenvalue weighted by atomic mass is 9.87. The van der Waals surface area contributed by atoms with Crippen LogP contribution >= 0.6 is 0 Å². The lowest BCUT2D eigenvalue weighted by Gasteiger charge is -2.45. The van der Waals surface area contributed by atoms with Crippen molar-refractivity contribution in [2.75, 3.05) is 26.4 Å². The molecular formula is C12H27NO8S. The van der Waals surface area contributed by atoms with Gasteiger partial charge in [0.1, 0.15) is 6.23 Å². The highest BCUT2D eigenvalue weighted by molar-refractivity contribution is 7.86. The van der Waals surface area contributed by atoms with Crippen LogP contribution in [0.3, 0.4) is 0 Å². The van der Waals surface area contributed by atoms with E-state index in [0.717, 1.165) is 4.90 Å². The summed E-state index contributed by atoms with van der Waals surface area (Å²) in [5.41, 5.74) is -3.51. The number of aliphatic hydroxyl groups is 5. The minimum Gasteiger partial charge on any atom is -0.395 e. The molecule has 0 aromatic heterocycles. The van der Waals surface area contributed by atoms with Crippen LogP contribution in [0.2, 0.25) is 0 Å². The fourth-order valence-electron chi connectivity index (χ4n) is 2.48. The molecule has 0 heterocycles. The number of rotatable bonds is 11. The van der Waals surface area contributed by atoms with Gasteiger partial charge in [-0.1, -0.05) is 13.8 Å². The van der Waals surface area contributed by atoms with Crippen molar-refractivity contribution in [3.05, 3.63) is 0 Å². The maximum Gasteiger partial charge on any atom is 0.292 e. The van der Waals surface area contributed by atoms with Crippen molar-refractivity contribution in [1.29, 1.82) is 0 Å². The third-order valence-corrected chi connectivity index (χ3v) is 4.32. The molecule has 22 heavy (non-hydrogen) atoms. The smallest absolute Gasteiger partial charge is 0.292 e. The summed E-state index contributed by atoms with van der Waals surface area (Å²) >= 11 is 0. The summed E-state index contributed by atoms with van der Waals surface area (Å²) in [5, 5.41) is 47.9. The number of hydrogen-bond donors (Lipinski definition) is 6. The average molecular weight is 345 g/mol. The monoisotopic (exact) mass is 345 g/mol. The summed E-state index contributed by atoms with van der Waals surface area (Å²) in [4.78, 5) is 1.14. The Hall–Kier alpha value is -0.330. The largest absolute Gasteiger partial charge is 0.395 e. The molecule has 0 fully saturated rings. The van der Waals surface area contributed by atoms with Gasteiger partial charge >= 0.3 is 0 Å². The number of hydrogen-bond acceptors (Lipinski definition) is 8. The maximum atomic E-state index is 10.8. The molecule has 9 nitrogen and oxygen atoms in total. The van der Waals surface area contributed by atoms with E-state index in [0.29, 0.717) is 0 Å². The van der Waals surface area contributed by atoms with Crippen LogP contribution in [0.4, 0.5) is 0 Å². The van der Waals surface area contributed by atoms with Crippen molar-refractivity contribution < 1.29 is 38.5 Å². The Balaban J connectivity index is 5.38. The van der Waals surface area contributed by atoms with Crippen LogP contribution in [0.5, 0.6) is 0 Å². The fourth-order valence-corrected chi connectivity index (χ4v) is 2.89. The zero-order valence-corrected chi connectivity index (χ0v) is 13.6. The molecule has 10 heteroatoms. The molecule has 0 saturated carbocycles. The van der Waals surface area contributed by atoms with Gasteiger partial charge in [0.2, 0.25) is 0 Å². The van der Waals surface area contributed by atoms with Crippen LogP contribution in [0.15, 0.2) is 0 Å². The molecular weight excluding hydrogens is 318 g/mol. The van der Waals surface area contributed by atoms with E-state index >= 15 is 0 Å². The molecule has 0 aliphatic carbocycles. The van der Waals surface area contributed by atoms with Crippen molar-refractivity contribution in [2.24, 2.45) is 5.92 Å². The van der Waals surface area contributed by atoms with Crippen molar-refractivity contribution in [2.45, 2.75) is 43.9 Å². The molecule has 0 aliphatic heterocycles. The molecule has 0 radical (unpaired) electrons. The molecule has 0 aliphatic rings. The minimum absolute atomic E-state index is 0.0270. The van der Waals surface area contributed by atoms with Gasteiger partial charge in [0.15, 0.2) is 5.44 Å². The molecule has 0 spiro atoms. The molecule has 0 amide bonds. The second-order valence-electron chi connectivity index (χ2n) is 5.74. The number of nitrogens with zero attached hydrogens (tertiary/aromatic N) is 1. The molecule has 134 valence electrons. The third kappa shape index (κ3) is 6.05. The van der Waals surface area contributed by atoms with Gasteiger partial charge in [-0.3, -0.25) is 9.45 Å². The van der Waals surface area contributed by atoms with E-state index in [1.807, 2.05) is 13.8 Å². The van der Waals surface area contributed by atoms with Crippen molar-refractivity contribution in [3.63, 3.8) is 0 Å². The maximum absolute atomic E-state index is 10.8. The van der Waals surface area contributed by atoms with E-state index < -0.39 is 53.6 Å². The summed E-state index contributed by atoms with van der Waals surface area (Å²) in [7, 11) is -4.75. The van der Waals surface area contributed by atoms with Crippen LogP contribution in [0.25, 0.3) is 0 Å². The molecule has 6 N–H and O–H groups in total. The molecule has 0 aromatic carbocycles. The van der Waals surface area contributed by atoms with Gasteiger partial charge in [-0.15, -0.1) is 0 Å². The second-order valence-corrected chi connectivity index (χ2v) is 7.32. The van der Waals surface area contributed by atoms with E-state index in [1.54, 1.807) is 0 Å². The zero-order chi connectivity index (χ0) is 17.6. The Bertz CT molecular complexity index is 409. The average Bonchev–Trinajstić information content (AvgIpc) is 2.41. The second kappa shape index (κ2) is 9.08. The first-order valence-corrected chi connectivity index (χ1v) is 8.46. The van der Waals surface area contributed by atoms with Crippen LogP contribution in [-0.2, 0) is 10.1 Å². The van der Waals surface area contributed by atoms with Gasteiger partial charge in [0.05, 0.1) is 25.4 Å². The summed E-state index contributed by atoms with van der Waals surface area (Å²) in [6.45, 7) is 2.00. The minimum atomic E-state index is -4.75. The Morgan fingerprint density at radius 3 is 1.91 bits per heavy atom. The van der Waals surface area contributed by atoms with Crippen molar-refractivity contribution >= 4 is 10.1 Å². The van der Waals surface area contributed by atoms with Gasteiger partial charge in [-0.2, -0.15) is 8.42 Å². The lowest BCUT2D eigenvalue weighted by molar-refractivity contribution is -0.127. The third-order valence-electron chi connectivity index (χ3n) is 3.44. The predicted octanol–water partition coefficient (Wildman–Crippen LogP) is -2.04. The standard InChI is InChI=1S/C12H27NO8S/c1-9(2)6-12(7-15,8-16)13(3-4-14)10(17)5-11(18)22(19,20)21/h9-11,14-18H,3-8H2,1-2H3,(H,19,20,21). The molecule has 0 saturated heterocycles. The van der Waals surface area contributed by atoms with Crippen LogP contribution < -0.4 is 0 Å². The summed E-state index contributed by atoms with van der Waals surface area (Å²) < 4.78 is 30.4. The van der Waals surface area contributed by atoms with Gasteiger partial charge in [0.25, 0.3) is 10.1 Å². The topological polar surface area (TPSA) is 159 Å². The number of aliphatic hydroxyl groups excluding tert-OH is 5. The van der Waals surface area contributed by atoms with Gasteiger partial charge in [-0.05, 0) is 12.3 Å². The predicted molar refractivity (Wildman–Crippen MR) is 78.3 cm³/mol. The van der Waals surface area contributed by atoms with Crippen molar-refractivity contribution in [3.8, 4) is 0 Å². The Morgan fingerprint density at radius 1 is 1.09 bits per heavy atom. The van der Waals surface area contributed by atoms with Crippen LogP contribution in [-0.4, -0.2) is 87.0 Å². The first-order chi connectivity index (χ1) is 10.0. The SMILES string of the molecule is CC(C)CC(CO)(CO)N(CCO)C(O)CC(O)S(=O)(=O)O. The highest BCUT2D eigenvalue weighted by atomic mass is 32.2. The highest BCUT2D eigenvalue weighted by Crippen LogP contribution is 2.27. The first-order valence-electron chi connectivity index (χ1n) is 6.95. The highest BCUT2D eigenvalue weighted by Gasteiger charge is 2.41.